The van der Waals surface area contributed by atoms with Crippen LogP contribution in [0.3, 0.4) is 0 Å². The third-order valence-electron chi connectivity index (χ3n) is 5.66. The summed E-state index contributed by atoms with van der Waals surface area (Å²) in [5.41, 5.74) is 8.45. The number of nitriles is 1. The van der Waals surface area contributed by atoms with Crippen molar-refractivity contribution in [2.45, 2.75) is 32.1 Å². The molecule has 2 heterocycles. The van der Waals surface area contributed by atoms with Crippen LogP contribution in [0.15, 0.2) is 47.1 Å². The maximum Gasteiger partial charge on any atom is 0.306 e. The topological polar surface area (TPSA) is 131 Å². The molecule has 0 saturated heterocycles. The highest BCUT2D eigenvalue weighted by Crippen LogP contribution is 2.47. The van der Waals surface area contributed by atoms with Crippen molar-refractivity contribution in [1.82, 2.24) is 9.78 Å². The van der Waals surface area contributed by atoms with E-state index < -0.39 is 22.3 Å². The highest BCUT2D eigenvalue weighted by molar-refractivity contribution is 6.01. The second-order valence-corrected chi connectivity index (χ2v) is 7.55. The summed E-state index contributed by atoms with van der Waals surface area (Å²) >= 11 is 0. The number of aryl methyl sites for hydroxylation is 2. The third kappa shape index (κ3) is 3.15. The number of nitro benzene ring substituents is 1. The van der Waals surface area contributed by atoms with Gasteiger partial charge >= 0.3 is 5.69 Å². The van der Waals surface area contributed by atoms with Crippen molar-refractivity contribution < 1.29 is 14.1 Å². The Morgan fingerprint density at radius 2 is 2.13 bits per heavy atom. The van der Waals surface area contributed by atoms with E-state index in [9.17, 15) is 24.6 Å². The van der Waals surface area contributed by atoms with Gasteiger partial charge in [0.15, 0.2) is 5.78 Å². The monoisotopic (exact) mass is 422 g/mol. The lowest BCUT2D eigenvalue weighted by atomic mass is 9.75. The first kappa shape index (κ1) is 20.3. The number of rotatable bonds is 3. The quantitative estimate of drug-likeness (QED) is 0.594. The Bertz CT molecular complexity index is 1240. The van der Waals surface area contributed by atoms with Gasteiger partial charge in [-0.1, -0.05) is 0 Å². The van der Waals surface area contributed by atoms with Gasteiger partial charge in [0.25, 0.3) is 0 Å². The molecule has 1 atom stereocenters. The van der Waals surface area contributed by atoms with Crippen molar-refractivity contribution in [1.29, 1.82) is 5.26 Å². The van der Waals surface area contributed by atoms with Crippen molar-refractivity contribution >= 4 is 17.2 Å². The Kier molecular flexibility index (Phi) is 4.81. The molecule has 10 heteroatoms. The van der Waals surface area contributed by atoms with Crippen LogP contribution in [0, 0.1) is 34.2 Å². The van der Waals surface area contributed by atoms with E-state index in [0.29, 0.717) is 41.8 Å². The minimum atomic E-state index is -0.980. The molecule has 1 aliphatic carbocycles. The molecule has 1 aromatic carbocycles. The average Bonchev–Trinajstić information content (AvgIpc) is 3.05. The van der Waals surface area contributed by atoms with Gasteiger partial charge in [0.05, 0.1) is 33.9 Å². The van der Waals surface area contributed by atoms with Crippen LogP contribution in [0.4, 0.5) is 15.8 Å². The maximum absolute atomic E-state index is 13.9. The van der Waals surface area contributed by atoms with Crippen molar-refractivity contribution in [2.75, 3.05) is 4.90 Å². The molecule has 0 bridgehead atoms. The highest BCUT2D eigenvalue weighted by atomic mass is 19.1. The summed E-state index contributed by atoms with van der Waals surface area (Å²) < 4.78 is 15.5. The summed E-state index contributed by atoms with van der Waals surface area (Å²) in [5.74, 6) is -1.71. The van der Waals surface area contributed by atoms with Gasteiger partial charge in [0, 0.05) is 42.6 Å². The lowest BCUT2D eigenvalue weighted by Crippen LogP contribution is -2.38. The van der Waals surface area contributed by atoms with Gasteiger partial charge in [-0.05, 0) is 31.9 Å². The van der Waals surface area contributed by atoms with Gasteiger partial charge in [0.1, 0.15) is 5.82 Å². The first-order valence-corrected chi connectivity index (χ1v) is 9.64. The molecule has 2 aromatic rings. The van der Waals surface area contributed by atoms with Crippen LogP contribution >= 0.6 is 0 Å². The number of nitrogens with zero attached hydrogens (tertiary/aromatic N) is 5. The molecular formula is C21H19FN6O3. The molecular weight excluding hydrogens is 403 g/mol. The predicted molar refractivity (Wildman–Crippen MR) is 109 cm³/mol. The third-order valence-corrected chi connectivity index (χ3v) is 5.66. The van der Waals surface area contributed by atoms with Crippen LogP contribution in [0.2, 0.25) is 0 Å². The van der Waals surface area contributed by atoms with E-state index in [1.807, 2.05) is 0 Å². The van der Waals surface area contributed by atoms with E-state index in [1.165, 1.54) is 11.0 Å². The highest BCUT2D eigenvalue weighted by Gasteiger charge is 2.41. The lowest BCUT2D eigenvalue weighted by Gasteiger charge is -2.39. The number of halogens is 1. The first-order valence-electron chi connectivity index (χ1n) is 9.64. The first-order chi connectivity index (χ1) is 14.7. The number of benzene rings is 1. The summed E-state index contributed by atoms with van der Waals surface area (Å²) in [7, 11) is 1.75. The molecule has 0 amide bonds. The Balaban J connectivity index is 1.99. The van der Waals surface area contributed by atoms with E-state index in [-0.39, 0.29) is 22.9 Å². The van der Waals surface area contributed by atoms with Crippen LogP contribution in [-0.4, -0.2) is 20.5 Å². The van der Waals surface area contributed by atoms with E-state index in [0.717, 1.165) is 12.1 Å². The van der Waals surface area contributed by atoms with Crippen molar-refractivity contribution in [3.8, 4) is 6.07 Å². The van der Waals surface area contributed by atoms with E-state index in [2.05, 4.69) is 11.2 Å². The van der Waals surface area contributed by atoms with Crippen LogP contribution in [0.5, 0.6) is 0 Å². The molecule has 0 unspecified atom stereocenters. The molecule has 0 saturated carbocycles. The van der Waals surface area contributed by atoms with Gasteiger partial charge in [0.2, 0.25) is 5.82 Å². The minimum absolute atomic E-state index is 0.0603. The molecule has 9 nitrogen and oxygen atoms in total. The number of aromatic nitrogens is 2. The van der Waals surface area contributed by atoms with Gasteiger partial charge in [-0.15, -0.1) is 0 Å². The molecule has 0 fully saturated rings. The zero-order valence-corrected chi connectivity index (χ0v) is 16.9. The number of hydrogen-bond donors (Lipinski definition) is 1. The van der Waals surface area contributed by atoms with E-state index in [1.54, 1.807) is 24.9 Å². The molecule has 2 N–H and O–H groups in total. The molecule has 1 aromatic heterocycles. The van der Waals surface area contributed by atoms with Gasteiger partial charge < -0.3 is 5.73 Å². The standard InChI is InChI=1S/C21H19FN6O3/c1-11-14(10-26(2)25-11)19-13(9-23)21(24)27(16-4-3-5-18(29)20(16)19)12-6-7-15(22)17(8-12)28(30)31/h6-8,10,19H,3-5,24H2,1-2H3/t19-/m1/s1. The second kappa shape index (κ2) is 7.36. The maximum atomic E-state index is 13.9. The molecule has 31 heavy (non-hydrogen) atoms. The predicted octanol–water partition coefficient (Wildman–Crippen LogP) is 3.08. The number of carbonyl (C=O) groups excluding carboxylic acids is 1. The SMILES string of the molecule is Cc1nn(C)cc1[C@H]1C(C#N)=C(N)N(c2ccc(F)c([N+](=O)[O-])c2)C2=C1C(=O)CCC2. The van der Waals surface area contributed by atoms with Crippen LogP contribution < -0.4 is 10.6 Å². The molecule has 1 aliphatic heterocycles. The lowest BCUT2D eigenvalue weighted by molar-refractivity contribution is -0.387. The zero-order chi connectivity index (χ0) is 22.4. The normalized spacial score (nSPS) is 18.8. The van der Waals surface area contributed by atoms with Crippen molar-refractivity contribution in [3.05, 3.63) is 74.2 Å². The van der Waals surface area contributed by atoms with Crippen LogP contribution in [-0.2, 0) is 11.8 Å². The summed E-state index contributed by atoms with van der Waals surface area (Å²) in [6.07, 6.45) is 3.15. The number of anilines is 1. The molecule has 2 aliphatic rings. The van der Waals surface area contributed by atoms with Gasteiger partial charge in [-0.2, -0.15) is 14.8 Å². The van der Waals surface area contributed by atoms with Crippen LogP contribution in [0.25, 0.3) is 0 Å². The minimum Gasteiger partial charge on any atom is -0.384 e. The van der Waals surface area contributed by atoms with E-state index in [4.69, 9.17) is 5.73 Å². The summed E-state index contributed by atoms with van der Waals surface area (Å²) in [6.45, 7) is 1.80. The summed E-state index contributed by atoms with van der Waals surface area (Å²) in [5, 5.41) is 25.6. The number of nitro groups is 1. The number of hydrogen-bond acceptors (Lipinski definition) is 7. The largest absolute Gasteiger partial charge is 0.384 e. The van der Waals surface area contributed by atoms with Crippen molar-refractivity contribution in [3.63, 3.8) is 0 Å². The fraction of sp³-hybridized carbons (Fsp3) is 0.286. The Morgan fingerprint density at radius 3 is 2.74 bits per heavy atom. The van der Waals surface area contributed by atoms with Crippen molar-refractivity contribution in [2.24, 2.45) is 12.8 Å². The Labute approximate surface area is 177 Å². The molecule has 0 radical (unpaired) electrons. The number of ketones is 1. The van der Waals surface area contributed by atoms with Crippen LogP contribution in [0.1, 0.15) is 36.4 Å². The summed E-state index contributed by atoms with van der Waals surface area (Å²) in [4.78, 5) is 24.9. The summed E-state index contributed by atoms with van der Waals surface area (Å²) in [6, 6.07) is 5.52. The van der Waals surface area contributed by atoms with Gasteiger partial charge in [-0.3, -0.25) is 24.5 Å². The average molecular weight is 422 g/mol. The zero-order valence-electron chi connectivity index (χ0n) is 16.9. The molecule has 0 spiro atoms. The molecule has 158 valence electrons. The van der Waals surface area contributed by atoms with Gasteiger partial charge in [-0.25, -0.2) is 0 Å². The second-order valence-electron chi connectivity index (χ2n) is 7.55. The molecule has 4 rings (SSSR count). The number of nitrogens with two attached hydrogens (primary N) is 1. The smallest absolute Gasteiger partial charge is 0.306 e. The number of Topliss-reactive ketones (excluding diaryl/α,β-unsaturated/α-hetero) is 1. The Hall–Kier alpha value is -4.00. The number of allylic oxidation sites excluding steroid dienone is 3. The fourth-order valence-corrected chi connectivity index (χ4v) is 4.37. The fourth-order valence-electron chi connectivity index (χ4n) is 4.37. The van der Waals surface area contributed by atoms with E-state index >= 15 is 0 Å². The Morgan fingerprint density at radius 1 is 1.39 bits per heavy atom. The number of carbonyl (C=O) groups is 1.